The maximum atomic E-state index is 13.1. The highest BCUT2D eigenvalue weighted by Gasteiger charge is 2.32. The molecule has 2 aromatic heterocycles. The topological polar surface area (TPSA) is 57.0 Å². The van der Waals surface area contributed by atoms with Crippen molar-refractivity contribution >= 4 is 17.2 Å². The zero-order valence-corrected chi connectivity index (χ0v) is 18.4. The zero-order chi connectivity index (χ0) is 20.7. The molecule has 3 aliphatic rings. The molecule has 0 unspecified atom stereocenters. The number of carbonyl (C=O) groups is 1. The lowest BCUT2D eigenvalue weighted by Crippen LogP contribution is -2.53. The van der Waals surface area contributed by atoms with Crippen LogP contribution in [0, 0.1) is 5.92 Å². The van der Waals surface area contributed by atoms with Crippen LogP contribution >= 0.6 is 0 Å². The van der Waals surface area contributed by atoms with Gasteiger partial charge in [0.15, 0.2) is 5.82 Å². The van der Waals surface area contributed by atoms with Crippen molar-refractivity contribution in [3.8, 4) is 0 Å². The molecule has 0 aromatic carbocycles. The van der Waals surface area contributed by atoms with Crippen molar-refractivity contribution in [1.29, 1.82) is 0 Å². The van der Waals surface area contributed by atoms with Gasteiger partial charge in [-0.1, -0.05) is 0 Å². The fourth-order valence-corrected chi connectivity index (χ4v) is 5.43. The van der Waals surface area contributed by atoms with E-state index >= 15 is 0 Å². The Hall–Kier alpha value is -2.15. The van der Waals surface area contributed by atoms with Gasteiger partial charge >= 0.3 is 0 Å². The molecule has 0 atom stereocenters. The summed E-state index contributed by atoms with van der Waals surface area (Å²) in [6.45, 7) is 10.0. The van der Waals surface area contributed by atoms with Gasteiger partial charge < -0.3 is 9.80 Å². The lowest BCUT2D eigenvalue weighted by molar-refractivity contribution is -0.138. The van der Waals surface area contributed by atoms with E-state index in [-0.39, 0.29) is 5.92 Å². The van der Waals surface area contributed by atoms with E-state index in [2.05, 4.69) is 28.5 Å². The standard InChI is InChI=1S/C23H34N6O/c1-17(2)26-13-15-28(16-14-26)23(30)18-7-10-27(11-8-18)22-21-19-5-3-4-6-20(19)25-29(21)12-9-24-22/h9,12,17-18H,3-8,10-11,13-16H2,1-2H3. The first-order valence-electron chi connectivity index (χ1n) is 11.7. The van der Waals surface area contributed by atoms with E-state index in [1.54, 1.807) is 0 Å². The highest BCUT2D eigenvalue weighted by molar-refractivity contribution is 5.80. The summed E-state index contributed by atoms with van der Waals surface area (Å²) >= 11 is 0. The second-order valence-corrected chi connectivity index (χ2v) is 9.39. The molecule has 162 valence electrons. The summed E-state index contributed by atoms with van der Waals surface area (Å²) in [6, 6.07) is 0.565. The largest absolute Gasteiger partial charge is 0.355 e. The van der Waals surface area contributed by atoms with Crippen LogP contribution in [0.25, 0.3) is 5.52 Å². The van der Waals surface area contributed by atoms with E-state index in [1.807, 2.05) is 16.9 Å². The van der Waals surface area contributed by atoms with Gasteiger partial charge in [0.2, 0.25) is 5.91 Å². The van der Waals surface area contributed by atoms with Gasteiger partial charge in [-0.05, 0) is 52.4 Å². The van der Waals surface area contributed by atoms with Crippen LogP contribution in [0.2, 0.25) is 0 Å². The number of hydrogen-bond acceptors (Lipinski definition) is 5. The predicted molar refractivity (Wildman–Crippen MR) is 118 cm³/mol. The van der Waals surface area contributed by atoms with E-state index in [1.165, 1.54) is 29.6 Å². The Balaban J connectivity index is 1.26. The average Bonchev–Trinajstić information content (AvgIpc) is 3.17. The van der Waals surface area contributed by atoms with E-state index in [0.717, 1.165) is 70.8 Å². The van der Waals surface area contributed by atoms with Crippen LogP contribution in [0.15, 0.2) is 12.4 Å². The molecule has 5 rings (SSSR count). The molecule has 7 nitrogen and oxygen atoms in total. The Morgan fingerprint density at radius 3 is 2.50 bits per heavy atom. The number of fused-ring (bicyclic) bond motifs is 3. The number of piperazine rings is 1. The molecule has 7 heteroatoms. The number of amides is 1. The van der Waals surface area contributed by atoms with Crippen LogP contribution in [-0.4, -0.2) is 75.6 Å². The second-order valence-electron chi connectivity index (χ2n) is 9.39. The number of carbonyl (C=O) groups excluding carboxylic acids is 1. The Bertz CT molecular complexity index is 906. The molecule has 1 amide bonds. The summed E-state index contributed by atoms with van der Waals surface area (Å²) < 4.78 is 2.03. The number of aromatic nitrogens is 3. The number of anilines is 1. The fraction of sp³-hybridized carbons (Fsp3) is 0.696. The summed E-state index contributed by atoms with van der Waals surface area (Å²) in [4.78, 5) is 24.8. The van der Waals surface area contributed by atoms with Gasteiger partial charge in [0, 0.05) is 69.2 Å². The predicted octanol–water partition coefficient (Wildman–Crippen LogP) is 2.38. The first-order chi connectivity index (χ1) is 14.6. The third kappa shape index (κ3) is 3.57. The Labute approximate surface area is 179 Å². The Kier molecular flexibility index (Phi) is 5.39. The van der Waals surface area contributed by atoms with Gasteiger partial charge in [-0.2, -0.15) is 5.10 Å². The molecule has 1 aliphatic carbocycles. The van der Waals surface area contributed by atoms with Gasteiger partial charge in [-0.25, -0.2) is 9.50 Å². The first-order valence-corrected chi connectivity index (χ1v) is 11.7. The van der Waals surface area contributed by atoms with Crippen molar-refractivity contribution in [3.05, 3.63) is 23.7 Å². The minimum absolute atomic E-state index is 0.158. The lowest BCUT2D eigenvalue weighted by Gasteiger charge is -2.40. The highest BCUT2D eigenvalue weighted by Crippen LogP contribution is 2.32. The third-order valence-corrected chi connectivity index (χ3v) is 7.30. The fourth-order valence-electron chi connectivity index (χ4n) is 5.43. The van der Waals surface area contributed by atoms with E-state index in [4.69, 9.17) is 10.1 Å². The van der Waals surface area contributed by atoms with E-state index < -0.39 is 0 Å². The van der Waals surface area contributed by atoms with Crippen molar-refractivity contribution in [2.45, 2.75) is 58.4 Å². The summed E-state index contributed by atoms with van der Waals surface area (Å²) in [5.74, 6) is 1.58. The van der Waals surface area contributed by atoms with Crippen LogP contribution in [0.4, 0.5) is 5.82 Å². The van der Waals surface area contributed by atoms with Crippen LogP contribution in [0.3, 0.4) is 0 Å². The number of rotatable bonds is 3. The van der Waals surface area contributed by atoms with E-state index in [9.17, 15) is 4.79 Å². The molecule has 2 aliphatic heterocycles. The van der Waals surface area contributed by atoms with Crippen LogP contribution in [-0.2, 0) is 17.6 Å². The minimum atomic E-state index is 0.158. The van der Waals surface area contributed by atoms with Gasteiger partial charge in [0.25, 0.3) is 0 Å². The molecule has 0 bridgehead atoms. The zero-order valence-electron chi connectivity index (χ0n) is 18.4. The number of nitrogens with zero attached hydrogens (tertiary/aromatic N) is 6. The molecule has 2 aromatic rings. The summed E-state index contributed by atoms with van der Waals surface area (Å²) in [5.41, 5.74) is 3.84. The average molecular weight is 411 g/mol. The van der Waals surface area contributed by atoms with Gasteiger partial charge in [0.1, 0.15) is 5.52 Å². The Morgan fingerprint density at radius 2 is 1.77 bits per heavy atom. The van der Waals surface area contributed by atoms with Crippen molar-refractivity contribution in [2.24, 2.45) is 5.92 Å². The molecule has 2 fully saturated rings. The molecular formula is C23H34N6O. The van der Waals surface area contributed by atoms with Crippen molar-refractivity contribution in [2.75, 3.05) is 44.2 Å². The summed E-state index contributed by atoms with van der Waals surface area (Å²) in [5, 5.41) is 4.82. The van der Waals surface area contributed by atoms with E-state index in [0.29, 0.717) is 11.9 Å². The van der Waals surface area contributed by atoms with Crippen LogP contribution in [0.5, 0.6) is 0 Å². The maximum Gasteiger partial charge on any atom is 0.225 e. The van der Waals surface area contributed by atoms with Crippen molar-refractivity contribution < 1.29 is 4.79 Å². The smallest absolute Gasteiger partial charge is 0.225 e. The number of piperidine rings is 1. The summed E-state index contributed by atoms with van der Waals surface area (Å²) in [7, 11) is 0. The molecule has 0 spiro atoms. The molecule has 2 saturated heterocycles. The number of aryl methyl sites for hydroxylation is 2. The molecule has 0 saturated carbocycles. The van der Waals surface area contributed by atoms with Gasteiger partial charge in [-0.15, -0.1) is 0 Å². The maximum absolute atomic E-state index is 13.1. The molecule has 4 heterocycles. The molecular weight excluding hydrogens is 376 g/mol. The second kappa shape index (κ2) is 8.17. The lowest BCUT2D eigenvalue weighted by atomic mass is 9.94. The van der Waals surface area contributed by atoms with Gasteiger partial charge in [-0.3, -0.25) is 9.69 Å². The SMILES string of the molecule is CC(C)N1CCN(C(=O)C2CCN(c3nccn4nc5c(c34)CCCC5)CC2)CC1. The molecule has 0 N–H and O–H groups in total. The number of hydrogen-bond donors (Lipinski definition) is 0. The highest BCUT2D eigenvalue weighted by atomic mass is 16.2. The quantitative estimate of drug-likeness (QED) is 0.778. The normalized spacial score (nSPS) is 21.4. The van der Waals surface area contributed by atoms with Crippen molar-refractivity contribution in [1.82, 2.24) is 24.4 Å². The van der Waals surface area contributed by atoms with Gasteiger partial charge in [0.05, 0.1) is 5.69 Å². The minimum Gasteiger partial charge on any atom is -0.355 e. The summed E-state index contributed by atoms with van der Waals surface area (Å²) in [6.07, 6.45) is 10.3. The Morgan fingerprint density at radius 1 is 1.03 bits per heavy atom. The molecule has 0 radical (unpaired) electrons. The van der Waals surface area contributed by atoms with Crippen LogP contribution in [0.1, 0.15) is 50.8 Å². The third-order valence-electron chi connectivity index (χ3n) is 7.30. The van der Waals surface area contributed by atoms with Crippen LogP contribution < -0.4 is 4.90 Å². The molecule has 30 heavy (non-hydrogen) atoms. The first kappa shape index (κ1) is 19.8. The van der Waals surface area contributed by atoms with Crippen molar-refractivity contribution in [3.63, 3.8) is 0 Å². The monoisotopic (exact) mass is 410 g/mol.